The highest BCUT2D eigenvalue weighted by Gasteiger charge is 2.16. The van der Waals surface area contributed by atoms with Crippen molar-refractivity contribution in [2.45, 2.75) is 0 Å². The van der Waals surface area contributed by atoms with Gasteiger partial charge in [0, 0.05) is 0 Å². The summed E-state index contributed by atoms with van der Waals surface area (Å²) in [5.41, 5.74) is 0. The molecule has 0 fully saturated rings. The number of fused-ring (bicyclic) bond motifs is 11. The Morgan fingerprint density at radius 3 is 1.20 bits per heavy atom. The SMILES string of the molecule is COc1ccc2c3ccccc3c3c4ccccc4c4ccc(OC)cc4c3c2c1. The van der Waals surface area contributed by atoms with Crippen LogP contribution in [0.5, 0.6) is 11.5 Å². The van der Waals surface area contributed by atoms with E-state index in [1.54, 1.807) is 14.2 Å². The Bertz CT molecular complexity index is 1490. The van der Waals surface area contributed by atoms with E-state index < -0.39 is 0 Å². The normalized spacial score (nSPS) is 11.7. The maximum Gasteiger partial charge on any atom is 0.119 e. The number of rotatable bonds is 2. The lowest BCUT2D eigenvalue weighted by molar-refractivity contribution is 0.415. The summed E-state index contributed by atoms with van der Waals surface area (Å²) in [5.74, 6) is 1.73. The molecule has 0 aliphatic rings. The molecule has 0 saturated heterocycles. The number of methoxy groups -OCH3 is 2. The molecule has 0 unspecified atom stereocenters. The molecule has 0 spiro atoms. The fourth-order valence-electron chi connectivity index (χ4n) is 4.88. The van der Waals surface area contributed by atoms with E-state index in [0.29, 0.717) is 0 Å². The van der Waals surface area contributed by atoms with Crippen molar-refractivity contribution in [2.75, 3.05) is 14.2 Å². The van der Waals surface area contributed by atoms with Crippen molar-refractivity contribution >= 4 is 53.9 Å². The van der Waals surface area contributed by atoms with Gasteiger partial charge in [0.05, 0.1) is 14.2 Å². The van der Waals surface area contributed by atoms with Gasteiger partial charge in [-0.05, 0) is 78.1 Å². The summed E-state index contributed by atoms with van der Waals surface area (Å²) in [4.78, 5) is 0. The lowest BCUT2D eigenvalue weighted by Gasteiger charge is -2.17. The topological polar surface area (TPSA) is 18.5 Å². The van der Waals surface area contributed by atoms with Gasteiger partial charge in [0.1, 0.15) is 11.5 Å². The average molecular weight is 388 g/mol. The van der Waals surface area contributed by atoms with Gasteiger partial charge < -0.3 is 9.47 Å². The molecule has 30 heavy (non-hydrogen) atoms. The van der Waals surface area contributed by atoms with Crippen LogP contribution in [0.15, 0.2) is 84.9 Å². The quantitative estimate of drug-likeness (QED) is 0.286. The Morgan fingerprint density at radius 1 is 0.400 bits per heavy atom. The van der Waals surface area contributed by atoms with Gasteiger partial charge in [-0.1, -0.05) is 60.7 Å². The van der Waals surface area contributed by atoms with E-state index in [2.05, 4.69) is 72.8 Å². The summed E-state index contributed by atoms with van der Waals surface area (Å²) in [6, 6.07) is 30.2. The monoisotopic (exact) mass is 388 g/mol. The number of hydrogen-bond acceptors (Lipinski definition) is 2. The van der Waals surface area contributed by atoms with Gasteiger partial charge in [-0.25, -0.2) is 0 Å². The molecule has 144 valence electrons. The highest BCUT2D eigenvalue weighted by atomic mass is 16.5. The van der Waals surface area contributed by atoms with Crippen LogP contribution < -0.4 is 9.47 Å². The van der Waals surface area contributed by atoms with Gasteiger partial charge >= 0.3 is 0 Å². The lowest BCUT2D eigenvalue weighted by atomic mass is 9.87. The van der Waals surface area contributed by atoms with Gasteiger partial charge in [-0.2, -0.15) is 0 Å². The first kappa shape index (κ1) is 17.1. The summed E-state index contributed by atoms with van der Waals surface area (Å²) in [7, 11) is 3.45. The minimum absolute atomic E-state index is 0.864. The van der Waals surface area contributed by atoms with Crippen molar-refractivity contribution in [2.24, 2.45) is 0 Å². The fraction of sp³-hybridized carbons (Fsp3) is 0.0714. The summed E-state index contributed by atoms with van der Waals surface area (Å²) >= 11 is 0. The Labute approximate surface area is 174 Å². The van der Waals surface area contributed by atoms with Crippen LogP contribution in [0.1, 0.15) is 0 Å². The van der Waals surface area contributed by atoms with Crippen LogP contribution in [0.4, 0.5) is 0 Å². The standard InChI is InChI=1S/C28H20O2/c1-29-17-11-13-21-19-7-3-5-9-23(19)27-24-10-6-4-8-20(24)22-14-12-18(30-2)16-26(22)28(27)25(21)15-17/h3-16H,1-2H3. The van der Waals surface area contributed by atoms with Gasteiger partial charge in [-0.3, -0.25) is 0 Å². The van der Waals surface area contributed by atoms with Crippen LogP contribution in [0.2, 0.25) is 0 Å². The summed E-state index contributed by atoms with van der Waals surface area (Å²) in [6.07, 6.45) is 0. The third kappa shape index (κ3) is 2.25. The van der Waals surface area contributed by atoms with Crippen molar-refractivity contribution in [3.63, 3.8) is 0 Å². The van der Waals surface area contributed by atoms with E-state index in [-0.39, 0.29) is 0 Å². The van der Waals surface area contributed by atoms with Crippen LogP contribution in [-0.4, -0.2) is 14.2 Å². The molecule has 2 nitrogen and oxygen atoms in total. The highest BCUT2D eigenvalue weighted by molar-refractivity contribution is 6.39. The molecule has 2 heteroatoms. The van der Waals surface area contributed by atoms with E-state index in [4.69, 9.17) is 9.47 Å². The van der Waals surface area contributed by atoms with Crippen molar-refractivity contribution in [3.8, 4) is 11.5 Å². The second-order valence-corrected chi connectivity index (χ2v) is 7.66. The maximum atomic E-state index is 5.60. The first-order chi connectivity index (χ1) is 14.8. The second kappa shape index (κ2) is 6.36. The average Bonchev–Trinajstić information content (AvgIpc) is 2.82. The zero-order valence-electron chi connectivity index (χ0n) is 16.9. The lowest BCUT2D eigenvalue weighted by Crippen LogP contribution is -1.90. The Balaban J connectivity index is 2.05. The molecule has 6 aromatic rings. The number of ether oxygens (including phenoxy) is 2. The third-order valence-electron chi connectivity index (χ3n) is 6.22. The molecule has 0 aromatic heterocycles. The van der Waals surface area contributed by atoms with E-state index in [9.17, 15) is 0 Å². The van der Waals surface area contributed by atoms with Crippen LogP contribution in [0, 0.1) is 0 Å². The molecule has 6 aromatic carbocycles. The van der Waals surface area contributed by atoms with Crippen molar-refractivity contribution in [1.82, 2.24) is 0 Å². The molecule has 0 atom stereocenters. The minimum Gasteiger partial charge on any atom is -0.497 e. The zero-order valence-corrected chi connectivity index (χ0v) is 16.9. The van der Waals surface area contributed by atoms with E-state index in [1.165, 1.54) is 53.9 Å². The smallest absolute Gasteiger partial charge is 0.119 e. The predicted octanol–water partition coefficient (Wildman–Crippen LogP) is 7.47. The highest BCUT2D eigenvalue weighted by Crippen LogP contribution is 2.45. The molecule has 6 rings (SSSR count). The van der Waals surface area contributed by atoms with E-state index in [0.717, 1.165) is 11.5 Å². The zero-order chi connectivity index (χ0) is 20.2. The maximum absolute atomic E-state index is 5.60. The van der Waals surface area contributed by atoms with Crippen molar-refractivity contribution in [3.05, 3.63) is 84.9 Å². The van der Waals surface area contributed by atoms with Crippen LogP contribution in [0.25, 0.3) is 53.9 Å². The Kier molecular flexibility index (Phi) is 3.63. The van der Waals surface area contributed by atoms with E-state index >= 15 is 0 Å². The van der Waals surface area contributed by atoms with Crippen molar-refractivity contribution < 1.29 is 9.47 Å². The summed E-state index contributed by atoms with van der Waals surface area (Å²) in [5, 5.41) is 12.5. The molecule has 0 N–H and O–H groups in total. The van der Waals surface area contributed by atoms with Gasteiger partial charge in [0.2, 0.25) is 0 Å². The molecular weight excluding hydrogens is 368 g/mol. The van der Waals surface area contributed by atoms with Crippen LogP contribution in [0.3, 0.4) is 0 Å². The van der Waals surface area contributed by atoms with Gasteiger partial charge in [0.25, 0.3) is 0 Å². The van der Waals surface area contributed by atoms with Crippen LogP contribution >= 0.6 is 0 Å². The fourth-order valence-corrected chi connectivity index (χ4v) is 4.88. The Morgan fingerprint density at radius 2 is 0.767 bits per heavy atom. The molecule has 0 saturated carbocycles. The molecule has 0 radical (unpaired) electrons. The van der Waals surface area contributed by atoms with Crippen molar-refractivity contribution in [1.29, 1.82) is 0 Å². The predicted molar refractivity (Wildman–Crippen MR) is 127 cm³/mol. The molecule has 0 heterocycles. The molecular formula is C28H20O2. The molecule has 0 bridgehead atoms. The summed E-state index contributed by atoms with van der Waals surface area (Å²) in [6.45, 7) is 0. The molecule has 0 aliphatic carbocycles. The summed E-state index contributed by atoms with van der Waals surface area (Å²) < 4.78 is 11.2. The van der Waals surface area contributed by atoms with Crippen LogP contribution in [-0.2, 0) is 0 Å². The van der Waals surface area contributed by atoms with Gasteiger partial charge in [-0.15, -0.1) is 0 Å². The van der Waals surface area contributed by atoms with E-state index in [1.807, 2.05) is 12.1 Å². The Hall–Kier alpha value is -3.78. The van der Waals surface area contributed by atoms with Gasteiger partial charge in [0.15, 0.2) is 0 Å². The number of benzene rings is 6. The first-order valence-corrected chi connectivity index (χ1v) is 10.1. The number of hydrogen-bond donors (Lipinski definition) is 0. The first-order valence-electron chi connectivity index (χ1n) is 10.1. The molecule has 0 amide bonds. The second-order valence-electron chi connectivity index (χ2n) is 7.66. The minimum atomic E-state index is 0.864. The third-order valence-corrected chi connectivity index (χ3v) is 6.22. The molecule has 0 aliphatic heterocycles. The largest absolute Gasteiger partial charge is 0.497 e.